The van der Waals surface area contributed by atoms with Crippen LogP contribution in [0.1, 0.15) is 26.4 Å². The van der Waals surface area contributed by atoms with Crippen molar-refractivity contribution in [1.82, 2.24) is 4.57 Å². The van der Waals surface area contributed by atoms with Crippen LogP contribution in [-0.4, -0.2) is 28.5 Å². The molecule has 0 fully saturated rings. The number of esters is 1. The zero-order valence-electron chi connectivity index (χ0n) is 12.3. The Morgan fingerprint density at radius 1 is 1.42 bits per heavy atom. The van der Waals surface area contributed by atoms with Crippen LogP contribution in [0.2, 0.25) is 0 Å². The van der Waals surface area contributed by atoms with Crippen LogP contribution < -0.4 is 11.5 Å². The third-order valence-electron chi connectivity index (χ3n) is 3.27. The van der Waals surface area contributed by atoms with Crippen LogP contribution >= 0.6 is 0 Å². The molecule has 2 aromatic rings. The third kappa shape index (κ3) is 2.50. The summed E-state index contributed by atoms with van der Waals surface area (Å²) in [7, 11) is 1.10. The molecule has 0 atom stereocenters. The van der Waals surface area contributed by atoms with Crippen LogP contribution in [-0.2, 0) is 4.74 Å². The van der Waals surface area contributed by atoms with Crippen molar-refractivity contribution < 1.29 is 19.2 Å². The number of ether oxygens (including phenoxy) is 1. The quantitative estimate of drug-likeness (QED) is 0.473. The number of carbonyl (C=O) groups is 2. The molecule has 0 aliphatic heterocycles. The highest BCUT2D eigenvalue weighted by molar-refractivity contribution is 6.02. The van der Waals surface area contributed by atoms with E-state index in [0.717, 1.165) is 17.7 Å². The number of hydrogen-bond donors (Lipinski definition) is 2. The van der Waals surface area contributed by atoms with Gasteiger partial charge in [0.05, 0.1) is 29.0 Å². The first-order valence-electron chi connectivity index (χ1n) is 6.40. The van der Waals surface area contributed by atoms with Crippen LogP contribution in [0.15, 0.2) is 24.4 Å². The Kier molecular flexibility index (Phi) is 4.19. The van der Waals surface area contributed by atoms with Gasteiger partial charge in [-0.3, -0.25) is 14.9 Å². The summed E-state index contributed by atoms with van der Waals surface area (Å²) in [5.41, 5.74) is 9.52. The molecule has 0 unspecified atom stereocenters. The molecular formula is C14H11N5O5. The number of aromatic nitrogens is 1. The smallest absolute Gasteiger partial charge is 0.357 e. The van der Waals surface area contributed by atoms with Gasteiger partial charge in [0, 0.05) is 12.3 Å². The van der Waals surface area contributed by atoms with Gasteiger partial charge in [-0.2, -0.15) is 5.26 Å². The molecule has 10 heteroatoms. The van der Waals surface area contributed by atoms with Gasteiger partial charge in [-0.1, -0.05) is 6.07 Å². The van der Waals surface area contributed by atoms with Crippen LogP contribution in [0.4, 0.5) is 11.4 Å². The van der Waals surface area contributed by atoms with Gasteiger partial charge in [0.15, 0.2) is 5.69 Å². The van der Waals surface area contributed by atoms with E-state index in [2.05, 4.69) is 4.74 Å². The Morgan fingerprint density at radius 3 is 2.58 bits per heavy atom. The molecule has 0 bridgehead atoms. The van der Waals surface area contributed by atoms with E-state index in [0.29, 0.717) is 0 Å². The molecule has 4 N–H and O–H groups in total. The van der Waals surface area contributed by atoms with Crippen molar-refractivity contribution in [1.29, 1.82) is 5.26 Å². The normalized spacial score (nSPS) is 10.0. The lowest BCUT2D eigenvalue weighted by Crippen LogP contribution is -2.19. The van der Waals surface area contributed by atoms with E-state index in [4.69, 9.17) is 16.7 Å². The van der Waals surface area contributed by atoms with Gasteiger partial charge in [-0.05, 0) is 6.07 Å². The Labute approximate surface area is 135 Å². The number of carbonyl (C=O) groups excluding carboxylic acids is 2. The van der Waals surface area contributed by atoms with Gasteiger partial charge in [-0.25, -0.2) is 4.79 Å². The molecule has 1 aromatic carbocycles. The lowest BCUT2D eigenvalue weighted by Gasteiger charge is -2.11. The second-order valence-electron chi connectivity index (χ2n) is 4.57. The van der Waals surface area contributed by atoms with Gasteiger partial charge in [0.2, 0.25) is 0 Å². The molecule has 0 spiro atoms. The van der Waals surface area contributed by atoms with E-state index in [9.17, 15) is 19.7 Å². The highest BCUT2D eigenvalue weighted by Gasteiger charge is 2.28. The average molecular weight is 329 g/mol. The number of primary amides is 1. The molecule has 0 aliphatic carbocycles. The Morgan fingerprint density at radius 2 is 2.08 bits per heavy atom. The number of nitrogen functional groups attached to an aromatic ring is 1. The molecule has 24 heavy (non-hydrogen) atoms. The number of benzene rings is 1. The number of rotatable bonds is 4. The summed E-state index contributed by atoms with van der Waals surface area (Å²) < 4.78 is 5.69. The highest BCUT2D eigenvalue weighted by Crippen LogP contribution is 2.30. The Hall–Kier alpha value is -3.87. The van der Waals surface area contributed by atoms with Gasteiger partial charge >= 0.3 is 5.97 Å². The Bertz CT molecular complexity index is 909. The van der Waals surface area contributed by atoms with Crippen molar-refractivity contribution in [3.63, 3.8) is 0 Å². The molecule has 0 saturated heterocycles. The number of nitro groups is 1. The number of hydrogen-bond acceptors (Lipinski definition) is 7. The second kappa shape index (κ2) is 6.09. The van der Waals surface area contributed by atoms with Gasteiger partial charge < -0.3 is 20.8 Å². The summed E-state index contributed by atoms with van der Waals surface area (Å²) in [6, 6.07) is 5.53. The number of nitro benzene ring substituents is 1. The van der Waals surface area contributed by atoms with E-state index in [1.165, 1.54) is 18.3 Å². The van der Waals surface area contributed by atoms with Crippen molar-refractivity contribution >= 4 is 23.3 Å². The number of amides is 1. The molecule has 10 nitrogen and oxygen atoms in total. The van der Waals surface area contributed by atoms with Gasteiger partial charge in [0.1, 0.15) is 11.6 Å². The van der Waals surface area contributed by atoms with Crippen molar-refractivity contribution in [3.8, 4) is 11.8 Å². The van der Waals surface area contributed by atoms with E-state index in [1.54, 1.807) is 6.07 Å². The molecule has 2 rings (SSSR count). The largest absolute Gasteiger partial charge is 0.464 e. The third-order valence-corrected chi connectivity index (χ3v) is 3.27. The van der Waals surface area contributed by atoms with E-state index >= 15 is 0 Å². The molecule has 0 aliphatic rings. The van der Waals surface area contributed by atoms with E-state index in [1.807, 2.05) is 0 Å². The SMILES string of the molecule is COC(=O)c1c(N)c(C#N)cn1-c1cccc([N+](=O)[O-])c1C(N)=O. The maximum atomic E-state index is 12.0. The van der Waals surface area contributed by atoms with Crippen LogP contribution in [0.25, 0.3) is 5.69 Å². The summed E-state index contributed by atoms with van der Waals surface area (Å²) in [6.07, 6.45) is 1.17. The van der Waals surface area contributed by atoms with Crippen LogP contribution in [0, 0.1) is 21.4 Å². The van der Waals surface area contributed by atoms with Crippen molar-refractivity contribution in [2.75, 3.05) is 12.8 Å². The zero-order valence-corrected chi connectivity index (χ0v) is 12.3. The summed E-state index contributed by atoms with van der Waals surface area (Å²) in [5, 5.41) is 20.2. The molecule has 0 radical (unpaired) electrons. The number of nitrogens with zero attached hydrogens (tertiary/aromatic N) is 3. The first-order chi connectivity index (χ1) is 11.3. The van der Waals surface area contributed by atoms with Crippen LogP contribution in [0.5, 0.6) is 0 Å². The predicted octanol–water partition coefficient (Wildman–Crippen LogP) is 0.725. The summed E-state index contributed by atoms with van der Waals surface area (Å²) in [5.74, 6) is -1.95. The number of nitriles is 1. The molecule has 1 heterocycles. The van der Waals surface area contributed by atoms with Crippen LogP contribution in [0.3, 0.4) is 0 Å². The first-order valence-corrected chi connectivity index (χ1v) is 6.40. The number of anilines is 1. The number of methoxy groups -OCH3 is 1. The topological polar surface area (TPSA) is 167 Å². The fraction of sp³-hybridized carbons (Fsp3) is 0.0714. The lowest BCUT2D eigenvalue weighted by molar-refractivity contribution is -0.385. The minimum Gasteiger partial charge on any atom is -0.464 e. The van der Waals surface area contributed by atoms with Gasteiger partial charge in [-0.15, -0.1) is 0 Å². The zero-order chi connectivity index (χ0) is 18.0. The fourth-order valence-corrected chi connectivity index (χ4v) is 2.24. The second-order valence-corrected chi connectivity index (χ2v) is 4.57. The molecule has 1 aromatic heterocycles. The average Bonchev–Trinajstić information content (AvgIpc) is 2.89. The highest BCUT2D eigenvalue weighted by atomic mass is 16.6. The van der Waals surface area contributed by atoms with Crippen molar-refractivity contribution in [3.05, 3.63) is 51.3 Å². The molecule has 122 valence electrons. The fourth-order valence-electron chi connectivity index (χ4n) is 2.24. The van der Waals surface area contributed by atoms with E-state index in [-0.39, 0.29) is 22.6 Å². The maximum absolute atomic E-state index is 12.0. The molecule has 0 saturated carbocycles. The Balaban J connectivity index is 2.90. The van der Waals surface area contributed by atoms with Gasteiger partial charge in [0.25, 0.3) is 11.6 Å². The molecule has 1 amide bonds. The van der Waals surface area contributed by atoms with Crippen molar-refractivity contribution in [2.45, 2.75) is 0 Å². The lowest BCUT2D eigenvalue weighted by atomic mass is 10.1. The summed E-state index contributed by atoms with van der Waals surface area (Å²) >= 11 is 0. The van der Waals surface area contributed by atoms with Crippen molar-refractivity contribution in [2.24, 2.45) is 5.73 Å². The number of nitrogens with two attached hydrogens (primary N) is 2. The first kappa shape index (κ1) is 16.5. The predicted molar refractivity (Wildman–Crippen MR) is 81.4 cm³/mol. The summed E-state index contributed by atoms with van der Waals surface area (Å²) in [4.78, 5) is 34.1. The monoisotopic (exact) mass is 329 g/mol. The maximum Gasteiger partial charge on any atom is 0.357 e. The van der Waals surface area contributed by atoms with E-state index < -0.39 is 28.1 Å². The minimum absolute atomic E-state index is 0.0580. The standard InChI is InChI=1S/C14H11N5O5/c1-24-14(21)12-11(16)7(5-15)6-18(12)8-3-2-4-9(19(22)23)10(8)13(17)20/h2-4,6H,16H2,1H3,(H2,17,20). The minimum atomic E-state index is -1.07. The summed E-state index contributed by atoms with van der Waals surface area (Å²) in [6.45, 7) is 0. The molecular weight excluding hydrogens is 318 g/mol.